The van der Waals surface area contributed by atoms with Crippen LogP contribution in [-0.4, -0.2) is 17.3 Å². The first kappa shape index (κ1) is 12.2. The first-order chi connectivity index (χ1) is 8.06. The quantitative estimate of drug-likeness (QED) is 0.883. The number of alkyl halides is 1. The van der Waals surface area contributed by atoms with Gasteiger partial charge in [0.15, 0.2) is 5.76 Å². The minimum absolute atomic E-state index is 0.176. The summed E-state index contributed by atoms with van der Waals surface area (Å²) in [5, 5.41) is 3.75. The monoisotopic (exact) mass is 295 g/mol. The van der Waals surface area contributed by atoms with Gasteiger partial charge in [-0.2, -0.15) is 0 Å². The SMILES string of the molecule is Cc1ccc2oc(C(=O)NCC(C)Br)cc2c1. The highest BCUT2D eigenvalue weighted by molar-refractivity contribution is 9.09. The van der Waals surface area contributed by atoms with E-state index in [1.54, 1.807) is 6.07 Å². The van der Waals surface area contributed by atoms with Gasteiger partial charge in [0.1, 0.15) is 5.58 Å². The van der Waals surface area contributed by atoms with E-state index in [1.165, 1.54) is 0 Å². The van der Waals surface area contributed by atoms with Crippen molar-refractivity contribution in [2.75, 3.05) is 6.54 Å². The van der Waals surface area contributed by atoms with Gasteiger partial charge in [0.2, 0.25) is 0 Å². The molecule has 0 saturated carbocycles. The van der Waals surface area contributed by atoms with E-state index in [0.29, 0.717) is 12.3 Å². The summed E-state index contributed by atoms with van der Waals surface area (Å²) in [4.78, 5) is 12.0. The number of nitrogens with one attached hydrogen (secondary N) is 1. The van der Waals surface area contributed by atoms with Crippen LogP contribution in [0, 0.1) is 6.92 Å². The molecule has 1 amide bonds. The van der Waals surface area contributed by atoms with Gasteiger partial charge in [-0.05, 0) is 25.1 Å². The third-order valence-corrected chi connectivity index (χ3v) is 2.76. The average Bonchev–Trinajstić information content (AvgIpc) is 2.68. The van der Waals surface area contributed by atoms with Crippen LogP contribution >= 0.6 is 15.9 Å². The maximum absolute atomic E-state index is 11.8. The van der Waals surface area contributed by atoms with Crippen molar-refractivity contribution in [2.24, 2.45) is 0 Å². The number of benzene rings is 1. The molecule has 1 aromatic carbocycles. The van der Waals surface area contributed by atoms with Crippen LogP contribution < -0.4 is 5.32 Å². The zero-order valence-electron chi connectivity index (χ0n) is 9.79. The van der Waals surface area contributed by atoms with Crippen molar-refractivity contribution in [3.63, 3.8) is 0 Å². The molecule has 1 aromatic heterocycles. The van der Waals surface area contributed by atoms with Gasteiger partial charge in [-0.25, -0.2) is 0 Å². The summed E-state index contributed by atoms with van der Waals surface area (Å²) in [6.45, 7) is 4.57. The van der Waals surface area contributed by atoms with Crippen LogP contribution in [0.1, 0.15) is 23.0 Å². The minimum atomic E-state index is -0.176. The number of rotatable bonds is 3. The molecule has 0 spiro atoms. The van der Waals surface area contributed by atoms with Gasteiger partial charge < -0.3 is 9.73 Å². The molecular weight excluding hydrogens is 282 g/mol. The van der Waals surface area contributed by atoms with E-state index in [4.69, 9.17) is 4.42 Å². The highest BCUT2D eigenvalue weighted by atomic mass is 79.9. The molecule has 0 saturated heterocycles. The number of carbonyl (C=O) groups is 1. The van der Waals surface area contributed by atoms with E-state index in [0.717, 1.165) is 16.5 Å². The number of fused-ring (bicyclic) bond motifs is 1. The number of carbonyl (C=O) groups excluding carboxylic acids is 1. The van der Waals surface area contributed by atoms with Crippen molar-refractivity contribution in [1.29, 1.82) is 0 Å². The van der Waals surface area contributed by atoms with Crippen molar-refractivity contribution >= 4 is 32.8 Å². The summed E-state index contributed by atoms with van der Waals surface area (Å²) in [5.41, 5.74) is 1.90. The number of halogens is 1. The Bertz CT molecular complexity index is 545. The van der Waals surface area contributed by atoms with E-state index < -0.39 is 0 Å². The zero-order valence-corrected chi connectivity index (χ0v) is 11.4. The number of hydrogen-bond donors (Lipinski definition) is 1. The largest absolute Gasteiger partial charge is 0.451 e. The third kappa shape index (κ3) is 2.88. The Morgan fingerprint density at radius 1 is 1.47 bits per heavy atom. The van der Waals surface area contributed by atoms with E-state index in [1.807, 2.05) is 32.0 Å². The van der Waals surface area contributed by atoms with Crippen LogP contribution in [0.5, 0.6) is 0 Å². The van der Waals surface area contributed by atoms with Crippen molar-refractivity contribution in [2.45, 2.75) is 18.7 Å². The molecule has 4 heteroatoms. The molecule has 1 atom stereocenters. The minimum Gasteiger partial charge on any atom is -0.451 e. The van der Waals surface area contributed by atoms with Crippen LogP contribution in [0.3, 0.4) is 0 Å². The first-order valence-electron chi connectivity index (χ1n) is 5.49. The predicted octanol–water partition coefficient (Wildman–Crippen LogP) is 3.25. The molecule has 90 valence electrons. The Balaban J connectivity index is 2.21. The van der Waals surface area contributed by atoms with Gasteiger partial charge in [-0.1, -0.05) is 34.5 Å². The molecule has 0 radical (unpaired) electrons. The third-order valence-electron chi connectivity index (χ3n) is 2.44. The van der Waals surface area contributed by atoms with Gasteiger partial charge in [0, 0.05) is 16.8 Å². The molecule has 0 aliphatic heterocycles. The highest BCUT2D eigenvalue weighted by Crippen LogP contribution is 2.20. The van der Waals surface area contributed by atoms with Crippen LogP contribution in [-0.2, 0) is 0 Å². The molecule has 17 heavy (non-hydrogen) atoms. The molecule has 0 aliphatic carbocycles. The first-order valence-corrected chi connectivity index (χ1v) is 6.40. The fourth-order valence-electron chi connectivity index (χ4n) is 1.60. The maximum atomic E-state index is 11.8. The Morgan fingerprint density at radius 2 is 2.24 bits per heavy atom. The highest BCUT2D eigenvalue weighted by Gasteiger charge is 2.12. The normalized spacial score (nSPS) is 12.6. The summed E-state index contributed by atoms with van der Waals surface area (Å²) in [7, 11) is 0. The van der Waals surface area contributed by atoms with Gasteiger partial charge in [0.25, 0.3) is 5.91 Å². The molecule has 2 rings (SSSR count). The second-order valence-corrected chi connectivity index (χ2v) is 5.71. The average molecular weight is 296 g/mol. The smallest absolute Gasteiger partial charge is 0.287 e. The molecule has 2 aromatic rings. The van der Waals surface area contributed by atoms with Crippen LogP contribution in [0.15, 0.2) is 28.7 Å². The zero-order chi connectivity index (χ0) is 12.4. The lowest BCUT2D eigenvalue weighted by Crippen LogP contribution is -2.27. The van der Waals surface area contributed by atoms with Crippen molar-refractivity contribution < 1.29 is 9.21 Å². The molecule has 1 heterocycles. The Morgan fingerprint density at radius 3 is 2.94 bits per heavy atom. The molecule has 1 N–H and O–H groups in total. The standard InChI is InChI=1S/C13H14BrNO2/c1-8-3-4-11-10(5-8)6-12(17-11)13(16)15-7-9(2)14/h3-6,9H,7H2,1-2H3,(H,15,16). The lowest BCUT2D eigenvalue weighted by atomic mass is 10.2. The lowest BCUT2D eigenvalue weighted by Gasteiger charge is -2.03. The lowest BCUT2D eigenvalue weighted by molar-refractivity contribution is 0.0929. The van der Waals surface area contributed by atoms with Crippen LogP contribution in [0.2, 0.25) is 0 Å². The summed E-state index contributed by atoms with van der Waals surface area (Å²) in [6.07, 6.45) is 0. The van der Waals surface area contributed by atoms with Gasteiger partial charge >= 0.3 is 0 Å². The topological polar surface area (TPSA) is 42.2 Å². The van der Waals surface area contributed by atoms with Gasteiger partial charge in [-0.15, -0.1) is 0 Å². The van der Waals surface area contributed by atoms with E-state index in [9.17, 15) is 4.79 Å². The Kier molecular flexibility index (Phi) is 3.52. The summed E-state index contributed by atoms with van der Waals surface area (Å²) in [6, 6.07) is 7.63. The van der Waals surface area contributed by atoms with Gasteiger partial charge in [0.05, 0.1) is 0 Å². The Labute approximate surface area is 108 Å². The second-order valence-electron chi connectivity index (χ2n) is 4.14. The molecular formula is C13H14BrNO2. The number of furan rings is 1. The van der Waals surface area contributed by atoms with Crippen LogP contribution in [0.4, 0.5) is 0 Å². The number of amides is 1. The molecule has 0 aliphatic rings. The van der Waals surface area contributed by atoms with Gasteiger partial charge in [-0.3, -0.25) is 4.79 Å². The van der Waals surface area contributed by atoms with E-state index in [2.05, 4.69) is 21.2 Å². The number of aryl methyl sites for hydroxylation is 1. The maximum Gasteiger partial charge on any atom is 0.287 e. The van der Waals surface area contributed by atoms with E-state index >= 15 is 0 Å². The summed E-state index contributed by atoms with van der Waals surface area (Å²) >= 11 is 3.37. The van der Waals surface area contributed by atoms with E-state index in [-0.39, 0.29) is 10.7 Å². The predicted molar refractivity (Wildman–Crippen MR) is 71.7 cm³/mol. The van der Waals surface area contributed by atoms with Crippen molar-refractivity contribution in [3.05, 3.63) is 35.6 Å². The van der Waals surface area contributed by atoms with Crippen LogP contribution in [0.25, 0.3) is 11.0 Å². The Hall–Kier alpha value is -1.29. The molecule has 0 fully saturated rings. The summed E-state index contributed by atoms with van der Waals surface area (Å²) in [5.74, 6) is 0.184. The summed E-state index contributed by atoms with van der Waals surface area (Å²) < 4.78 is 5.49. The fourth-order valence-corrected chi connectivity index (χ4v) is 1.76. The number of hydrogen-bond acceptors (Lipinski definition) is 2. The molecule has 0 bridgehead atoms. The van der Waals surface area contributed by atoms with Crippen molar-refractivity contribution in [1.82, 2.24) is 5.32 Å². The second kappa shape index (κ2) is 4.92. The van der Waals surface area contributed by atoms with Crippen molar-refractivity contribution in [3.8, 4) is 0 Å². The molecule has 3 nitrogen and oxygen atoms in total. The molecule has 1 unspecified atom stereocenters. The fraction of sp³-hybridized carbons (Fsp3) is 0.308.